The number of hydrogen-bond acceptors (Lipinski definition) is 8. The van der Waals surface area contributed by atoms with Crippen molar-refractivity contribution in [3.8, 4) is 11.5 Å². The molecule has 1 aliphatic rings. The van der Waals surface area contributed by atoms with E-state index >= 15 is 0 Å². The van der Waals surface area contributed by atoms with Gasteiger partial charge in [0.1, 0.15) is 11.5 Å². The lowest BCUT2D eigenvalue weighted by Crippen LogP contribution is -2.39. The summed E-state index contributed by atoms with van der Waals surface area (Å²) in [5.74, 6) is -0.0128. The number of methoxy groups -OCH3 is 1. The van der Waals surface area contributed by atoms with Crippen molar-refractivity contribution in [1.82, 2.24) is 4.57 Å². The molecule has 1 aliphatic heterocycles. The number of thiazole rings is 1. The Morgan fingerprint density at radius 3 is 2.27 bits per heavy atom. The number of carbonyl (C=O) groups is 2. The molecule has 3 aromatic carbocycles. The average Bonchev–Trinajstić information content (AvgIpc) is 3.27. The van der Waals surface area contributed by atoms with Gasteiger partial charge in [-0.2, -0.15) is 0 Å². The van der Waals surface area contributed by atoms with Crippen molar-refractivity contribution in [2.45, 2.75) is 19.9 Å². The molecule has 0 unspecified atom stereocenters. The van der Waals surface area contributed by atoms with E-state index < -0.39 is 18.0 Å². The summed E-state index contributed by atoms with van der Waals surface area (Å²) in [6.45, 7) is 3.67. The summed E-state index contributed by atoms with van der Waals surface area (Å²) in [6.07, 6.45) is 1.74. The SMILES string of the molecule is CCOC(=O)C1=C(C)N=c2sc(=Cc3ccc(OC(=O)c4ccc(Cl)cc4)cc3)c(=O)n2[C@@H]1c1ccc(OC)cc1. The van der Waals surface area contributed by atoms with Crippen molar-refractivity contribution in [2.75, 3.05) is 13.7 Å². The normalized spacial score (nSPS) is 14.7. The first-order valence-corrected chi connectivity index (χ1v) is 13.9. The van der Waals surface area contributed by atoms with Crippen LogP contribution in [-0.2, 0) is 9.53 Å². The minimum atomic E-state index is -0.715. The quantitative estimate of drug-likeness (QED) is 0.230. The largest absolute Gasteiger partial charge is 0.497 e. The Balaban J connectivity index is 1.50. The number of halogens is 1. The molecule has 8 nitrogen and oxygen atoms in total. The van der Waals surface area contributed by atoms with E-state index in [-0.39, 0.29) is 12.2 Å². The van der Waals surface area contributed by atoms with Crippen LogP contribution < -0.4 is 24.4 Å². The van der Waals surface area contributed by atoms with Crippen molar-refractivity contribution in [1.29, 1.82) is 0 Å². The fourth-order valence-corrected chi connectivity index (χ4v) is 5.60. The summed E-state index contributed by atoms with van der Waals surface area (Å²) < 4.78 is 18.0. The van der Waals surface area contributed by atoms with Gasteiger partial charge in [-0.15, -0.1) is 0 Å². The molecule has 0 saturated carbocycles. The van der Waals surface area contributed by atoms with Gasteiger partial charge in [-0.05, 0) is 79.6 Å². The van der Waals surface area contributed by atoms with Gasteiger partial charge in [-0.1, -0.05) is 47.2 Å². The molecule has 0 saturated heterocycles. The number of carbonyl (C=O) groups excluding carboxylic acids is 2. The van der Waals surface area contributed by atoms with Crippen molar-refractivity contribution < 1.29 is 23.8 Å². The third kappa shape index (κ3) is 5.86. The van der Waals surface area contributed by atoms with Crippen molar-refractivity contribution in [2.24, 2.45) is 4.99 Å². The van der Waals surface area contributed by atoms with Crippen LogP contribution in [0.3, 0.4) is 0 Å². The monoisotopic (exact) mass is 588 g/mol. The van der Waals surface area contributed by atoms with Gasteiger partial charge in [-0.3, -0.25) is 9.36 Å². The molecule has 0 fully saturated rings. The maximum Gasteiger partial charge on any atom is 0.343 e. The lowest BCUT2D eigenvalue weighted by Gasteiger charge is -2.24. The lowest BCUT2D eigenvalue weighted by atomic mass is 9.96. The number of aromatic nitrogens is 1. The summed E-state index contributed by atoms with van der Waals surface area (Å²) in [4.78, 5) is 44.3. The molecule has 0 bridgehead atoms. The Morgan fingerprint density at radius 2 is 1.63 bits per heavy atom. The van der Waals surface area contributed by atoms with Crippen LogP contribution in [0.2, 0.25) is 5.02 Å². The molecule has 10 heteroatoms. The molecule has 0 N–H and O–H groups in total. The van der Waals surface area contributed by atoms with E-state index in [1.807, 2.05) is 12.1 Å². The van der Waals surface area contributed by atoms with Gasteiger partial charge < -0.3 is 14.2 Å². The van der Waals surface area contributed by atoms with E-state index in [9.17, 15) is 14.4 Å². The Labute approximate surface area is 244 Å². The third-order valence-electron chi connectivity index (χ3n) is 6.42. The molecule has 208 valence electrons. The van der Waals surface area contributed by atoms with Crippen LogP contribution in [0.5, 0.6) is 11.5 Å². The molecule has 0 aliphatic carbocycles. The van der Waals surface area contributed by atoms with E-state index in [1.54, 1.807) is 87.7 Å². The highest BCUT2D eigenvalue weighted by Gasteiger charge is 2.33. The molecular weight excluding hydrogens is 564 g/mol. The zero-order chi connectivity index (χ0) is 29.1. The molecule has 1 atom stereocenters. The molecule has 41 heavy (non-hydrogen) atoms. The number of benzene rings is 3. The number of hydrogen-bond donors (Lipinski definition) is 0. The van der Waals surface area contributed by atoms with Crippen LogP contribution >= 0.6 is 22.9 Å². The first-order valence-electron chi connectivity index (χ1n) is 12.7. The maximum atomic E-state index is 13.8. The van der Waals surface area contributed by atoms with Gasteiger partial charge in [0.25, 0.3) is 5.56 Å². The topological polar surface area (TPSA) is 96.2 Å². The van der Waals surface area contributed by atoms with Crippen molar-refractivity contribution in [3.63, 3.8) is 0 Å². The number of ether oxygens (including phenoxy) is 3. The Morgan fingerprint density at radius 1 is 0.976 bits per heavy atom. The van der Waals surface area contributed by atoms with Crippen LogP contribution in [0.4, 0.5) is 0 Å². The number of nitrogens with zero attached hydrogens (tertiary/aromatic N) is 2. The first kappa shape index (κ1) is 28.1. The predicted molar refractivity (Wildman–Crippen MR) is 156 cm³/mol. The van der Waals surface area contributed by atoms with Crippen LogP contribution in [0.25, 0.3) is 6.08 Å². The minimum Gasteiger partial charge on any atom is -0.497 e. The van der Waals surface area contributed by atoms with Gasteiger partial charge in [0, 0.05) is 5.02 Å². The summed E-state index contributed by atoms with van der Waals surface area (Å²) in [7, 11) is 1.57. The van der Waals surface area contributed by atoms with E-state index in [2.05, 4.69) is 4.99 Å². The average molecular weight is 589 g/mol. The fourth-order valence-electron chi connectivity index (χ4n) is 4.43. The van der Waals surface area contributed by atoms with Gasteiger partial charge in [-0.25, -0.2) is 14.6 Å². The third-order valence-corrected chi connectivity index (χ3v) is 7.65. The predicted octanol–water partition coefficient (Wildman–Crippen LogP) is 4.68. The Bertz CT molecular complexity index is 1820. The van der Waals surface area contributed by atoms with Crippen LogP contribution in [0.15, 0.2) is 93.9 Å². The number of allylic oxidation sites excluding steroid dienone is 1. The Kier molecular flexibility index (Phi) is 8.19. The van der Waals surface area contributed by atoms with Gasteiger partial charge in [0.2, 0.25) is 0 Å². The highest BCUT2D eigenvalue weighted by molar-refractivity contribution is 7.07. The van der Waals surface area contributed by atoms with Gasteiger partial charge in [0.15, 0.2) is 4.80 Å². The van der Waals surface area contributed by atoms with Gasteiger partial charge in [0.05, 0.1) is 41.1 Å². The molecule has 0 amide bonds. The molecule has 5 rings (SSSR count). The van der Waals surface area contributed by atoms with Crippen LogP contribution in [-0.4, -0.2) is 30.2 Å². The standard InChI is InChI=1S/C31H25ClN2O6S/c1-4-39-30(37)26-18(2)33-31-34(27(26)20-9-15-23(38-3)16-10-20)28(35)25(41-31)17-19-5-13-24(14-6-19)40-29(36)21-7-11-22(32)12-8-21/h5-17,27H,4H2,1-3H3/t27-/m1/s1. The van der Waals surface area contributed by atoms with Crippen LogP contribution in [0.1, 0.15) is 41.4 Å². The molecule has 4 aromatic rings. The highest BCUT2D eigenvalue weighted by atomic mass is 35.5. The van der Waals surface area contributed by atoms with Crippen LogP contribution in [0, 0.1) is 0 Å². The number of rotatable bonds is 7. The molecule has 1 aromatic heterocycles. The van der Waals surface area contributed by atoms with Crippen molar-refractivity contribution in [3.05, 3.63) is 125 Å². The summed E-state index contributed by atoms with van der Waals surface area (Å²) in [5.41, 5.74) is 2.34. The molecular formula is C31H25ClN2O6S. The summed E-state index contributed by atoms with van der Waals surface area (Å²) >= 11 is 7.11. The second kappa shape index (κ2) is 12.0. The van der Waals surface area contributed by atoms with Crippen molar-refractivity contribution >= 4 is 41.0 Å². The smallest absolute Gasteiger partial charge is 0.343 e. The molecule has 2 heterocycles. The minimum absolute atomic E-state index is 0.195. The van der Waals surface area contributed by atoms with E-state index in [0.717, 1.165) is 11.1 Å². The summed E-state index contributed by atoms with van der Waals surface area (Å²) in [6, 6.07) is 19.7. The van der Waals surface area contributed by atoms with E-state index in [4.69, 9.17) is 25.8 Å². The number of fused-ring (bicyclic) bond motifs is 1. The fraction of sp³-hybridized carbons (Fsp3) is 0.161. The molecule has 0 spiro atoms. The maximum absolute atomic E-state index is 13.8. The van der Waals surface area contributed by atoms with E-state index in [0.29, 0.717) is 42.7 Å². The lowest BCUT2D eigenvalue weighted by molar-refractivity contribution is -0.139. The second-order valence-electron chi connectivity index (χ2n) is 9.04. The molecule has 0 radical (unpaired) electrons. The summed E-state index contributed by atoms with van der Waals surface area (Å²) in [5, 5.41) is 0.527. The first-order chi connectivity index (χ1) is 19.8. The Hall–Kier alpha value is -4.47. The number of esters is 2. The van der Waals surface area contributed by atoms with Gasteiger partial charge >= 0.3 is 11.9 Å². The van der Waals surface area contributed by atoms with E-state index in [1.165, 1.54) is 15.9 Å². The zero-order valence-corrected chi connectivity index (χ0v) is 24.0. The second-order valence-corrected chi connectivity index (χ2v) is 10.5. The zero-order valence-electron chi connectivity index (χ0n) is 22.4. The highest BCUT2D eigenvalue weighted by Crippen LogP contribution is 2.31.